The molecule has 1 N–H and O–H groups in total. The maximum Gasteiger partial charge on any atom is 0.263 e. The van der Waals surface area contributed by atoms with Crippen molar-refractivity contribution in [2.45, 2.75) is 38.2 Å². The van der Waals surface area contributed by atoms with E-state index in [1.54, 1.807) is 6.07 Å². The molecule has 1 aliphatic rings. The molecule has 0 amide bonds. The van der Waals surface area contributed by atoms with E-state index in [0.717, 1.165) is 12.8 Å². The summed E-state index contributed by atoms with van der Waals surface area (Å²) < 4.78 is 24.5. The first-order valence-corrected chi connectivity index (χ1v) is 8.22. The summed E-state index contributed by atoms with van der Waals surface area (Å²) in [6.45, 7) is 4.70. The summed E-state index contributed by atoms with van der Waals surface area (Å²) in [5.74, 6) is 0.469. The van der Waals surface area contributed by atoms with E-state index >= 15 is 0 Å². The van der Waals surface area contributed by atoms with Crippen molar-refractivity contribution in [3.63, 3.8) is 0 Å². The van der Waals surface area contributed by atoms with E-state index in [0.29, 0.717) is 23.3 Å². The van der Waals surface area contributed by atoms with Gasteiger partial charge in [-0.25, -0.2) is 4.39 Å². The van der Waals surface area contributed by atoms with Crippen LogP contribution in [0, 0.1) is 5.82 Å². The second-order valence-electron chi connectivity index (χ2n) is 7.00. The molecule has 3 heterocycles. The standard InChI is InChI=1S/C18H18FN3O3/c1-18(2)9-10(5-6-24-18)15-21-17(25-22-15)13-8-11-7-12(19)3-4-14(11)20-16(13)23/h3-4,7-8,10H,5-6,9H2,1-2H3,(H,20,23). The van der Waals surface area contributed by atoms with Crippen molar-refractivity contribution >= 4 is 10.9 Å². The Balaban J connectivity index is 1.71. The molecule has 130 valence electrons. The van der Waals surface area contributed by atoms with Crippen LogP contribution in [0.2, 0.25) is 0 Å². The fourth-order valence-electron chi connectivity index (χ4n) is 3.30. The van der Waals surface area contributed by atoms with Crippen LogP contribution >= 0.6 is 0 Å². The second-order valence-corrected chi connectivity index (χ2v) is 7.00. The maximum atomic E-state index is 13.4. The van der Waals surface area contributed by atoms with E-state index in [4.69, 9.17) is 9.26 Å². The summed E-state index contributed by atoms with van der Waals surface area (Å²) in [5, 5.41) is 4.62. The highest BCUT2D eigenvalue weighted by atomic mass is 19.1. The molecule has 1 saturated heterocycles. The molecule has 1 aliphatic heterocycles. The SMILES string of the molecule is CC1(C)CC(c2noc(-c3cc4cc(F)ccc4[nH]c3=O)n2)CCO1. The van der Waals surface area contributed by atoms with Crippen molar-refractivity contribution in [2.75, 3.05) is 6.61 Å². The van der Waals surface area contributed by atoms with E-state index in [2.05, 4.69) is 15.1 Å². The Morgan fingerprint density at radius 2 is 2.16 bits per heavy atom. The first kappa shape index (κ1) is 16.0. The fourth-order valence-corrected chi connectivity index (χ4v) is 3.30. The number of pyridine rings is 1. The number of benzene rings is 1. The number of nitrogens with one attached hydrogen (secondary N) is 1. The van der Waals surface area contributed by atoms with Gasteiger partial charge in [0.2, 0.25) is 0 Å². The molecule has 0 radical (unpaired) electrons. The van der Waals surface area contributed by atoms with Crippen molar-refractivity contribution in [2.24, 2.45) is 0 Å². The van der Waals surface area contributed by atoms with Gasteiger partial charge in [0.1, 0.15) is 11.4 Å². The molecular weight excluding hydrogens is 325 g/mol. The van der Waals surface area contributed by atoms with Gasteiger partial charge < -0.3 is 14.2 Å². The van der Waals surface area contributed by atoms with E-state index < -0.39 is 0 Å². The molecule has 0 spiro atoms. The second kappa shape index (κ2) is 5.77. The lowest BCUT2D eigenvalue weighted by atomic mass is 9.88. The number of halogens is 1. The summed E-state index contributed by atoms with van der Waals surface area (Å²) in [7, 11) is 0. The van der Waals surface area contributed by atoms with Crippen LogP contribution in [0.5, 0.6) is 0 Å². The Kier molecular flexibility index (Phi) is 3.68. The molecular formula is C18H18FN3O3. The van der Waals surface area contributed by atoms with Crippen molar-refractivity contribution < 1.29 is 13.7 Å². The molecule has 4 rings (SSSR count). The normalized spacial score (nSPS) is 20.0. The van der Waals surface area contributed by atoms with Gasteiger partial charge in [0.05, 0.1) is 5.60 Å². The van der Waals surface area contributed by atoms with Gasteiger partial charge in [-0.2, -0.15) is 4.98 Å². The van der Waals surface area contributed by atoms with E-state index in [1.165, 1.54) is 18.2 Å². The smallest absolute Gasteiger partial charge is 0.263 e. The predicted octanol–water partition coefficient (Wildman–Crippen LogP) is 3.39. The Labute approximate surface area is 143 Å². The number of rotatable bonds is 2. The zero-order valence-electron chi connectivity index (χ0n) is 14.0. The number of aromatic amines is 1. The third-order valence-electron chi connectivity index (χ3n) is 4.54. The average molecular weight is 343 g/mol. The zero-order chi connectivity index (χ0) is 17.6. The van der Waals surface area contributed by atoms with E-state index in [9.17, 15) is 9.18 Å². The minimum atomic E-state index is -0.374. The van der Waals surface area contributed by atoms with Gasteiger partial charge in [-0.15, -0.1) is 0 Å². The minimum Gasteiger partial charge on any atom is -0.376 e. The van der Waals surface area contributed by atoms with Gasteiger partial charge in [-0.05, 0) is 51.0 Å². The summed E-state index contributed by atoms with van der Waals surface area (Å²) in [5.41, 5.74) is 0.215. The van der Waals surface area contributed by atoms with Gasteiger partial charge in [0, 0.05) is 23.4 Å². The molecule has 25 heavy (non-hydrogen) atoms. The number of fused-ring (bicyclic) bond motifs is 1. The number of H-pyrrole nitrogens is 1. The first-order chi connectivity index (χ1) is 11.9. The summed E-state index contributed by atoms with van der Waals surface area (Å²) in [6, 6.07) is 5.75. The molecule has 6 nitrogen and oxygen atoms in total. The monoisotopic (exact) mass is 343 g/mol. The molecule has 0 aliphatic carbocycles. The molecule has 0 saturated carbocycles. The average Bonchev–Trinajstić information content (AvgIpc) is 3.03. The fraction of sp³-hybridized carbons (Fsp3) is 0.389. The highest BCUT2D eigenvalue weighted by Crippen LogP contribution is 2.34. The van der Waals surface area contributed by atoms with Crippen LogP contribution in [0.3, 0.4) is 0 Å². The lowest BCUT2D eigenvalue weighted by Crippen LogP contribution is -2.33. The third-order valence-corrected chi connectivity index (χ3v) is 4.54. The van der Waals surface area contributed by atoms with Gasteiger partial charge in [0.15, 0.2) is 5.82 Å². The number of ether oxygens (including phenoxy) is 1. The highest BCUT2D eigenvalue weighted by molar-refractivity contribution is 5.82. The maximum absolute atomic E-state index is 13.4. The Morgan fingerprint density at radius 3 is 2.96 bits per heavy atom. The minimum absolute atomic E-state index is 0.123. The van der Waals surface area contributed by atoms with Crippen LogP contribution in [-0.2, 0) is 4.74 Å². The van der Waals surface area contributed by atoms with Crippen molar-refractivity contribution in [3.8, 4) is 11.5 Å². The Hall–Kier alpha value is -2.54. The molecule has 1 unspecified atom stereocenters. The first-order valence-electron chi connectivity index (χ1n) is 8.22. The lowest BCUT2D eigenvalue weighted by Gasteiger charge is -2.34. The molecule has 7 heteroatoms. The summed E-state index contributed by atoms with van der Waals surface area (Å²) in [4.78, 5) is 19.4. The van der Waals surface area contributed by atoms with Crippen molar-refractivity contribution in [1.82, 2.24) is 15.1 Å². The molecule has 3 aromatic rings. The topological polar surface area (TPSA) is 81.0 Å². The van der Waals surface area contributed by atoms with Crippen LogP contribution in [-0.4, -0.2) is 27.3 Å². The molecule has 1 aromatic carbocycles. The van der Waals surface area contributed by atoms with Gasteiger partial charge >= 0.3 is 0 Å². The predicted molar refractivity (Wildman–Crippen MR) is 89.8 cm³/mol. The molecule has 0 bridgehead atoms. The molecule has 1 fully saturated rings. The number of nitrogens with zero attached hydrogens (tertiary/aromatic N) is 2. The lowest BCUT2D eigenvalue weighted by molar-refractivity contribution is -0.0604. The van der Waals surface area contributed by atoms with Gasteiger partial charge in [-0.3, -0.25) is 4.79 Å². The third kappa shape index (κ3) is 3.07. The Morgan fingerprint density at radius 1 is 1.32 bits per heavy atom. The number of hydrogen-bond donors (Lipinski definition) is 1. The number of hydrogen-bond acceptors (Lipinski definition) is 5. The number of aromatic nitrogens is 3. The van der Waals surface area contributed by atoms with Crippen LogP contribution in [0.15, 0.2) is 33.6 Å². The summed E-state index contributed by atoms with van der Waals surface area (Å²) >= 11 is 0. The van der Waals surface area contributed by atoms with Crippen LogP contribution in [0.1, 0.15) is 38.4 Å². The molecule has 1 atom stereocenters. The summed E-state index contributed by atoms with van der Waals surface area (Å²) in [6.07, 6.45) is 1.59. The highest BCUT2D eigenvalue weighted by Gasteiger charge is 2.32. The quantitative estimate of drug-likeness (QED) is 0.771. The van der Waals surface area contributed by atoms with Crippen molar-refractivity contribution in [3.05, 3.63) is 46.3 Å². The van der Waals surface area contributed by atoms with Crippen LogP contribution in [0.4, 0.5) is 4.39 Å². The zero-order valence-corrected chi connectivity index (χ0v) is 14.0. The van der Waals surface area contributed by atoms with Crippen molar-refractivity contribution in [1.29, 1.82) is 0 Å². The van der Waals surface area contributed by atoms with Crippen LogP contribution in [0.25, 0.3) is 22.4 Å². The van der Waals surface area contributed by atoms with E-state index in [-0.39, 0.29) is 34.3 Å². The van der Waals surface area contributed by atoms with Gasteiger partial charge in [0.25, 0.3) is 11.4 Å². The van der Waals surface area contributed by atoms with Gasteiger partial charge in [-0.1, -0.05) is 5.16 Å². The Bertz CT molecular complexity index is 993. The van der Waals surface area contributed by atoms with E-state index in [1.807, 2.05) is 13.8 Å². The molecule has 2 aromatic heterocycles. The largest absolute Gasteiger partial charge is 0.376 e. The van der Waals surface area contributed by atoms with Crippen LogP contribution < -0.4 is 5.56 Å².